The van der Waals surface area contributed by atoms with Crippen LogP contribution in [-0.2, 0) is 6.54 Å². The molecule has 1 aliphatic rings. The molecule has 1 aromatic carbocycles. The number of piperazine rings is 1. The fraction of sp³-hybridized carbons (Fsp3) is 0.273. The number of rotatable bonds is 5. The molecule has 2 N–H and O–H groups in total. The molecule has 144 valence electrons. The number of pyridine rings is 1. The molecular weight excluding hydrogens is 352 g/mol. The number of carbonyl (C=O) groups is 1. The van der Waals surface area contributed by atoms with Crippen LogP contribution in [0.15, 0.2) is 65.2 Å². The Morgan fingerprint density at radius 2 is 2.07 bits per heavy atom. The maximum Gasteiger partial charge on any atom is 0.255 e. The molecule has 6 nitrogen and oxygen atoms in total. The topological polar surface area (TPSA) is 70.4 Å². The van der Waals surface area contributed by atoms with E-state index in [1.165, 1.54) is 5.56 Å². The largest absolute Gasteiger partial charge is 0.465 e. The zero-order chi connectivity index (χ0) is 19.3. The summed E-state index contributed by atoms with van der Waals surface area (Å²) in [5.41, 5.74) is 1.82. The van der Waals surface area contributed by atoms with E-state index in [9.17, 15) is 4.79 Å². The lowest BCUT2D eigenvalue weighted by atomic mass is 10.0. The number of aryl methyl sites for hydroxylation is 1. The van der Waals surface area contributed by atoms with E-state index >= 15 is 0 Å². The molecule has 1 fully saturated rings. The fourth-order valence-electron chi connectivity index (χ4n) is 3.52. The van der Waals surface area contributed by atoms with Gasteiger partial charge in [0.15, 0.2) is 0 Å². The summed E-state index contributed by atoms with van der Waals surface area (Å²) in [5.74, 6) is 2.15. The number of hydrogen-bond donors (Lipinski definition) is 2. The zero-order valence-corrected chi connectivity index (χ0v) is 15.9. The molecule has 3 heterocycles. The predicted octanol–water partition coefficient (Wildman–Crippen LogP) is 3.06. The average molecular weight is 376 g/mol. The Morgan fingerprint density at radius 3 is 2.86 bits per heavy atom. The quantitative estimate of drug-likeness (QED) is 0.716. The summed E-state index contributed by atoms with van der Waals surface area (Å²) in [6.07, 6.45) is 1.74. The van der Waals surface area contributed by atoms with Crippen molar-refractivity contribution < 1.29 is 9.21 Å². The lowest BCUT2D eigenvalue weighted by molar-refractivity contribution is 0.0948. The van der Waals surface area contributed by atoms with E-state index in [0.29, 0.717) is 12.1 Å². The Kier molecular flexibility index (Phi) is 5.39. The Labute approximate surface area is 164 Å². The number of anilines is 1. The van der Waals surface area contributed by atoms with Crippen LogP contribution >= 0.6 is 0 Å². The molecule has 2 aromatic heterocycles. The Hall–Kier alpha value is -3.12. The van der Waals surface area contributed by atoms with Gasteiger partial charge in [-0.2, -0.15) is 0 Å². The minimum absolute atomic E-state index is 0.146. The summed E-state index contributed by atoms with van der Waals surface area (Å²) in [5, 5.41) is 6.49. The molecule has 1 atom stereocenters. The summed E-state index contributed by atoms with van der Waals surface area (Å²) in [6, 6.07) is 18.0. The van der Waals surface area contributed by atoms with E-state index in [2.05, 4.69) is 32.7 Å². The van der Waals surface area contributed by atoms with Gasteiger partial charge in [0.25, 0.3) is 5.91 Å². The van der Waals surface area contributed by atoms with Gasteiger partial charge in [0, 0.05) is 31.9 Å². The van der Waals surface area contributed by atoms with Crippen molar-refractivity contribution in [1.82, 2.24) is 15.6 Å². The van der Waals surface area contributed by atoms with Gasteiger partial charge < -0.3 is 20.0 Å². The first-order valence-electron chi connectivity index (χ1n) is 9.52. The maximum atomic E-state index is 12.8. The van der Waals surface area contributed by atoms with Gasteiger partial charge in [0.1, 0.15) is 17.3 Å². The molecule has 1 saturated heterocycles. The molecule has 28 heavy (non-hydrogen) atoms. The summed E-state index contributed by atoms with van der Waals surface area (Å²) < 4.78 is 5.53. The highest BCUT2D eigenvalue weighted by molar-refractivity contribution is 5.98. The highest BCUT2D eigenvalue weighted by Gasteiger charge is 2.25. The number of nitrogens with zero attached hydrogens (tertiary/aromatic N) is 2. The highest BCUT2D eigenvalue weighted by atomic mass is 16.3. The molecule has 0 radical (unpaired) electrons. The second-order valence-electron chi connectivity index (χ2n) is 6.93. The van der Waals surface area contributed by atoms with Gasteiger partial charge in [-0.25, -0.2) is 4.98 Å². The van der Waals surface area contributed by atoms with E-state index in [1.807, 2.05) is 43.3 Å². The summed E-state index contributed by atoms with van der Waals surface area (Å²) in [6.45, 7) is 4.65. The number of aromatic nitrogens is 1. The third kappa shape index (κ3) is 4.07. The molecule has 1 unspecified atom stereocenters. The fourth-order valence-corrected chi connectivity index (χ4v) is 3.52. The first-order chi connectivity index (χ1) is 13.7. The Bertz CT molecular complexity index is 938. The van der Waals surface area contributed by atoms with Crippen molar-refractivity contribution in [3.05, 3.63) is 83.4 Å². The van der Waals surface area contributed by atoms with Crippen molar-refractivity contribution in [2.75, 3.05) is 24.5 Å². The van der Waals surface area contributed by atoms with Crippen LogP contribution in [-0.4, -0.2) is 30.5 Å². The van der Waals surface area contributed by atoms with Gasteiger partial charge in [-0.15, -0.1) is 0 Å². The van der Waals surface area contributed by atoms with Crippen LogP contribution in [0.1, 0.15) is 33.5 Å². The van der Waals surface area contributed by atoms with Crippen molar-refractivity contribution in [2.45, 2.75) is 19.5 Å². The average Bonchev–Trinajstić information content (AvgIpc) is 3.18. The standard InChI is InChI=1S/C22H24N4O2/c1-16-9-10-18(28-16)14-25-22(27)19-8-5-11-24-21(19)26-13-12-23-20(15-26)17-6-3-2-4-7-17/h2-11,20,23H,12-15H2,1H3,(H,25,27). The third-order valence-corrected chi connectivity index (χ3v) is 4.93. The van der Waals surface area contributed by atoms with Crippen molar-refractivity contribution >= 4 is 11.7 Å². The van der Waals surface area contributed by atoms with Crippen molar-refractivity contribution in [3.8, 4) is 0 Å². The van der Waals surface area contributed by atoms with Gasteiger partial charge in [-0.1, -0.05) is 30.3 Å². The van der Waals surface area contributed by atoms with Crippen LogP contribution < -0.4 is 15.5 Å². The van der Waals surface area contributed by atoms with Crippen LogP contribution in [0.2, 0.25) is 0 Å². The van der Waals surface area contributed by atoms with Crippen molar-refractivity contribution in [2.24, 2.45) is 0 Å². The van der Waals surface area contributed by atoms with E-state index in [4.69, 9.17) is 4.42 Å². The molecule has 0 saturated carbocycles. The van der Waals surface area contributed by atoms with Gasteiger partial charge >= 0.3 is 0 Å². The van der Waals surface area contributed by atoms with Crippen molar-refractivity contribution in [3.63, 3.8) is 0 Å². The molecule has 3 aromatic rings. The molecule has 6 heteroatoms. The van der Waals surface area contributed by atoms with E-state index in [-0.39, 0.29) is 11.9 Å². The second kappa shape index (κ2) is 8.27. The zero-order valence-electron chi connectivity index (χ0n) is 15.9. The first-order valence-corrected chi connectivity index (χ1v) is 9.52. The normalized spacial score (nSPS) is 16.8. The van der Waals surface area contributed by atoms with Crippen LogP contribution in [0.5, 0.6) is 0 Å². The minimum Gasteiger partial charge on any atom is -0.465 e. The number of amides is 1. The molecule has 0 spiro atoms. The minimum atomic E-state index is -0.146. The van der Waals surface area contributed by atoms with Crippen LogP contribution in [0.4, 0.5) is 5.82 Å². The lowest BCUT2D eigenvalue weighted by Gasteiger charge is -2.35. The van der Waals surface area contributed by atoms with Crippen LogP contribution in [0.25, 0.3) is 0 Å². The summed E-state index contributed by atoms with van der Waals surface area (Å²) >= 11 is 0. The third-order valence-electron chi connectivity index (χ3n) is 4.93. The second-order valence-corrected chi connectivity index (χ2v) is 6.93. The monoisotopic (exact) mass is 376 g/mol. The molecular formula is C22H24N4O2. The van der Waals surface area contributed by atoms with E-state index < -0.39 is 0 Å². The molecule has 4 rings (SSSR count). The number of benzene rings is 1. The summed E-state index contributed by atoms with van der Waals surface area (Å²) in [7, 11) is 0. The highest BCUT2D eigenvalue weighted by Crippen LogP contribution is 2.24. The molecule has 1 aliphatic heterocycles. The van der Waals surface area contributed by atoms with Gasteiger partial charge in [0.05, 0.1) is 12.1 Å². The Morgan fingerprint density at radius 1 is 1.21 bits per heavy atom. The SMILES string of the molecule is Cc1ccc(CNC(=O)c2cccnc2N2CCNC(c3ccccc3)C2)o1. The van der Waals surface area contributed by atoms with Crippen LogP contribution in [0, 0.1) is 6.92 Å². The van der Waals surface area contributed by atoms with Gasteiger partial charge in [-0.3, -0.25) is 4.79 Å². The number of furan rings is 1. The number of nitrogens with one attached hydrogen (secondary N) is 2. The lowest BCUT2D eigenvalue weighted by Crippen LogP contribution is -2.46. The first kappa shape index (κ1) is 18.3. The van der Waals surface area contributed by atoms with E-state index in [0.717, 1.165) is 37.0 Å². The Balaban J connectivity index is 1.49. The smallest absolute Gasteiger partial charge is 0.255 e. The molecule has 0 aliphatic carbocycles. The molecule has 0 bridgehead atoms. The number of carbonyl (C=O) groups excluding carboxylic acids is 1. The van der Waals surface area contributed by atoms with Crippen molar-refractivity contribution in [1.29, 1.82) is 0 Å². The molecule has 1 amide bonds. The van der Waals surface area contributed by atoms with Gasteiger partial charge in [0.2, 0.25) is 0 Å². The number of hydrogen-bond acceptors (Lipinski definition) is 5. The van der Waals surface area contributed by atoms with Gasteiger partial charge in [-0.05, 0) is 36.8 Å². The predicted molar refractivity (Wildman–Crippen MR) is 108 cm³/mol. The van der Waals surface area contributed by atoms with Crippen LogP contribution in [0.3, 0.4) is 0 Å². The maximum absolute atomic E-state index is 12.8. The summed E-state index contributed by atoms with van der Waals surface area (Å²) in [4.78, 5) is 19.5. The van der Waals surface area contributed by atoms with E-state index in [1.54, 1.807) is 12.3 Å².